The van der Waals surface area contributed by atoms with Crippen molar-refractivity contribution >= 4 is 28.6 Å². The van der Waals surface area contributed by atoms with Crippen LogP contribution >= 0.6 is 0 Å². The number of pyridine rings is 1. The monoisotopic (exact) mass is 432 g/mol. The molecule has 1 aromatic heterocycles. The molecule has 0 saturated carbocycles. The van der Waals surface area contributed by atoms with E-state index in [0.717, 1.165) is 34.9 Å². The van der Waals surface area contributed by atoms with E-state index in [1.54, 1.807) is 12.3 Å². The lowest BCUT2D eigenvalue weighted by Crippen LogP contribution is -2.51. The van der Waals surface area contributed by atoms with Gasteiger partial charge in [-0.1, -0.05) is 13.0 Å². The topological polar surface area (TPSA) is 103 Å². The molecule has 2 heterocycles. The van der Waals surface area contributed by atoms with Gasteiger partial charge in [-0.05, 0) is 56.4 Å². The van der Waals surface area contributed by atoms with Gasteiger partial charge in [0.2, 0.25) is 0 Å². The second-order valence-corrected chi connectivity index (χ2v) is 7.99. The van der Waals surface area contributed by atoms with Crippen molar-refractivity contribution in [2.24, 2.45) is 5.92 Å². The quantitative estimate of drug-likeness (QED) is 0.411. The summed E-state index contributed by atoms with van der Waals surface area (Å²) in [6.07, 6.45) is 3.57. The second-order valence-electron chi connectivity index (χ2n) is 7.99. The molecule has 0 spiro atoms. The highest BCUT2D eigenvalue weighted by atomic mass is 15.3. The molecule has 8 heteroatoms. The van der Waals surface area contributed by atoms with E-state index in [-0.39, 0.29) is 12.1 Å². The molecule has 1 aliphatic heterocycles. The minimum atomic E-state index is -0.0369. The zero-order chi connectivity index (χ0) is 23.3. The summed E-state index contributed by atoms with van der Waals surface area (Å²) >= 11 is 0. The standard InChI is InChI=1S/C24H32N8/c1-16-15-31(23-9-6-18(11-25)12-30-23)22-10-19(20(13-27-3)14-28-4)7-8-21(22)32(17(2)26)24(16)29-5/h6-10,12-13,16,24,26-29H,14-15H2,1-5H3/b20-13+,26-17?/t16-,24?/m1/s1. The Hall–Kier alpha value is -3.41. The first-order valence-electron chi connectivity index (χ1n) is 10.8. The zero-order valence-electron chi connectivity index (χ0n) is 19.4. The Balaban J connectivity index is 2.23. The predicted molar refractivity (Wildman–Crippen MR) is 131 cm³/mol. The van der Waals surface area contributed by atoms with E-state index in [2.05, 4.69) is 57.0 Å². The molecule has 32 heavy (non-hydrogen) atoms. The van der Waals surface area contributed by atoms with Crippen LogP contribution in [-0.4, -0.2) is 51.2 Å². The molecule has 4 N–H and O–H groups in total. The first kappa shape index (κ1) is 23.3. The number of benzene rings is 1. The Morgan fingerprint density at radius 1 is 1.25 bits per heavy atom. The molecule has 0 bridgehead atoms. The fraction of sp³-hybridized carbons (Fsp3) is 0.375. The maximum atomic E-state index is 9.18. The largest absolute Gasteiger partial charge is 0.394 e. The molecular formula is C24H32N8. The number of nitrogens with one attached hydrogen (secondary N) is 4. The molecule has 3 rings (SSSR count). The summed E-state index contributed by atoms with van der Waals surface area (Å²) in [4.78, 5) is 8.83. The molecule has 0 saturated heterocycles. The third kappa shape index (κ3) is 4.59. The van der Waals surface area contributed by atoms with Crippen LogP contribution in [0.4, 0.5) is 17.2 Å². The number of hydrogen-bond acceptors (Lipinski definition) is 7. The van der Waals surface area contributed by atoms with Gasteiger partial charge >= 0.3 is 0 Å². The van der Waals surface area contributed by atoms with E-state index in [1.807, 2.05) is 45.2 Å². The van der Waals surface area contributed by atoms with Crippen molar-refractivity contribution in [3.8, 4) is 6.07 Å². The highest BCUT2D eigenvalue weighted by Gasteiger charge is 2.34. The molecule has 0 fully saturated rings. The molecule has 0 radical (unpaired) electrons. The molecule has 1 aromatic carbocycles. The maximum absolute atomic E-state index is 9.18. The maximum Gasteiger partial charge on any atom is 0.133 e. The van der Waals surface area contributed by atoms with Gasteiger partial charge in [-0.2, -0.15) is 5.26 Å². The predicted octanol–water partition coefficient (Wildman–Crippen LogP) is 2.87. The van der Waals surface area contributed by atoms with Crippen LogP contribution in [0, 0.1) is 22.7 Å². The number of rotatable bonds is 6. The Morgan fingerprint density at radius 3 is 2.59 bits per heavy atom. The van der Waals surface area contributed by atoms with Gasteiger partial charge in [0.15, 0.2) is 0 Å². The van der Waals surface area contributed by atoms with Crippen LogP contribution in [0.15, 0.2) is 42.7 Å². The van der Waals surface area contributed by atoms with Crippen LogP contribution in [0.25, 0.3) is 5.57 Å². The molecule has 1 unspecified atom stereocenters. The molecular weight excluding hydrogens is 400 g/mol. The number of nitriles is 1. The van der Waals surface area contributed by atoms with Crippen LogP contribution < -0.4 is 25.8 Å². The Bertz CT molecular complexity index is 1020. The van der Waals surface area contributed by atoms with Gasteiger partial charge < -0.3 is 20.4 Å². The molecule has 0 aliphatic carbocycles. The van der Waals surface area contributed by atoms with Crippen LogP contribution in [0.5, 0.6) is 0 Å². The average molecular weight is 433 g/mol. The lowest BCUT2D eigenvalue weighted by Gasteiger charge is -2.34. The summed E-state index contributed by atoms with van der Waals surface area (Å²) in [7, 11) is 5.76. The Kier molecular flexibility index (Phi) is 7.46. The number of likely N-dealkylation sites (N-methyl/N-ethyl adjacent to an activating group) is 1. The lowest BCUT2D eigenvalue weighted by molar-refractivity contribution is 0.420. The number of amidine groups is 1. The normalized spacial score (nSPS) is 18.6. The molecule has 0 amide bonds. The van der Waals surface area contributed by atoms with Gasteiger partial charge in [0.1, 0.15) is 11.9 Å². The summed E-state index contributed by atoms with van der Waals surface area (Å²) in [6.45, 7) is 5.42. The summed E-state index contributed by atoms with van der Waals surface area (Å²) in [5.41, 5.74) is 4.68. The summed E-state index contributed by atoms with van der Waals surface area (Å²) in [5, 5.41) is 27.5. The number of anilines is 3. The summed E-state index contributed by atoms with van der Waals surface area (Å²) in [5.74, 6) is 1.45. The first-order valence-corrected chi connectivity index (χ1v) is 10.8. The van der Waals surface area contributed by atoms with Crippen molar-refractivity contribution in [1.29, 1.82) is 10.7 Å². The van der Waals surface area contributed by atoms with E-state index in [4.69, 9.17) is 5.41 Å². The van der Waals surface area contributed by atoms with E-state index in [1.165, 1.54) is 0 Å². The average Bonchev–Trinajstić information content (AvgIpc) is 2.92. The van der Waals surface area contributed by atoms with Gasteiger partial charge in [-0.3, -0.25) is 10.7 Å². The molecule has 1 aliphatic rings. The van der Waals surface area contributed by atoms with Crippen LogP contribution in [-0.2, 0) is 0 Å². The van der Waals surface area contributed by atoms with Crippen molar-refractivity contribution < 1.29 is 0 Å². The third-order valence-corrected chi connectivity index (χ3v) is 5.68. The van der Waals surface area contributed by atoms with Crippen molar-refractivity contribution in [3.63, 3.8) is 0 Å². The van der Waals surface area contributed by atoms with E-state index >= 15 is 0 Å². The minimum absolute atomic E-state index is 0.0369. The molecule has 8 nitrogen and oxygen atoms in total. The lowest BCUT2D eigenvalue weighted by atomic mass is 10.0. The molecule has 168 valence electrons. The first-order chi connectivity index (χ1) is 15.4. The van der Waals surface area contributed by atoms with E-state index in [0.29, 0.717) is 17.9 Å². The zero-order valence-corrected chi connectivity index (χ0v) is 19.4. The highest BCUT2D eigenvalue weighted by molar-refractivity contribution is 5.99. The minimum Gasteiger partial charge on any atom is -0.394 e. The van der Waals surface area contributed by atoms with Gasteiger partial charge in [-0.15, -0.1) is 0 Å². The van der Waals surface area contributed by atoms with Gasteiger partial charge in [0, 0.05) is 38.5 Å². The van der Waals surface area contributed by atoms with Crippen LogP contribution in [0.3, 0.4) is 0 Å². The van der Waals surface area contributed by atoms with Crippen molar-refractivity contribution in [1.82, 2.24) is 20.9 Å². The van der Waals surface area contributed by atoms with Gasteiger partial charge in [-0.25, -0.2) is 4.98 Å². The number of hydrogen-bond donors (Lipinski definition) is 4. The third-order valence-electron chi connectivity index (χ3n) is 5.68. The number of fused-ring (bicyclic) bond motifs is 1. The Labute approximate surface area is 190 Å². The van der Waals surface area contributed by atoms with Crippen LogP contribution in [0.2, 0.25) is 0 Å². The smallest absolute Gasteiger partial charge is 0.133 e. The fourth-order valence-electron chi connectivity index (χ4n) is 4.27. The van der Waals surface area contributed by atoms with Crippen LogP contribution in [0.1, 0.15) is 25.0 Å². The number of nitrogens with zero attached hydrogens (tertiary/aromatic N) is 4. The summed E-state index contributed by atoms with van der Waals surface area (Å²) in [6, 6.07) is 12.2. The van der Waals surface area contributed by atoms with Crippen molar-refractivity contribution in [2.75, 3.05) is 44.0 Å². The SMILES string of the molecule is CN/C=C(\CNC)c1ccc2c(c1)N(c1ccc(C#N)cn1)C[C@@H](C)C(NC)N2C(C)=N. The fourth-order valence-corrected chi connectivity index (χ4v) is 4.27. The highest BCUT2D eigenvalue weighted by Crippen LogP contribution is 2.41. The van der Waals surface area contributed by atoms with Gasteiger partial charge in [0.25, 0.3) is 0 Å². The van der Waals surface area contributed by atoms with Gasteiger partial charge in [0.05, 0.1) is 28.9 Å². The summed E-state index contributed by atoms with van der Waals surface area (Å²) < 4.78 is 0. The van der Waals surface area contributed by atoms with Crippen molar-refractivity contribution in [2.45, 2.75) is 20.0 Å². The van der Waals surface area contributed by atoms with E-state index in [9.17, 15) is 5.26 Å². The van der Waals surface area contributed by atoms with E-state index < -0.39 is 0 Å². The molecule has 2 aromatic rings. The Morgan fingerprint density at radius 2 is 2.03 bits per heavy atom. The second kappa shape index (κ2) is 10.3. The molecule has 2 atom stereocenters. The van der Waals surface area contributed by atoms with Crippen molar-refractivity contribution in [3.05, 3.63) is 53.9 Å². The number of aromatic nitrogens is 1.